The van der Waals surface area contributed by atoms with Crippen LogP contribution in [-0.2, 0) is 11.8 Å². The van der Waals surface area contributed by atoms with Crippen molar-refractivity contribution in [3.05, 3.63) is 15.5 Å². The second-order valence-corrected chi connectivity index (χ2v) is 3.91. The van der Waals surface area contributed by atoms with Gasteiger partial charge in [0, 0.05) is 26.9 Å². The Morgan fingerprint density at radius 1 is 1.79 bits per heavy atom. The standard InChI is InChI=1S/C8H12IN3O2/c1-12-5-6(9)7(11-12)8(13)10-3-4-14-2/h5H,3-4H2,1-2H3,(H,10,13). The number of carbonyl (C=O) groups is 1. The van der Waals surface area contributed by atoms with Crippen LogP contribution in [0.1, 0.15) is 10.5 Å². The Labute approximate surface area is 96.0 Å². The van der Waals surface area contributed by atoms with Gasteiger partial charge in [0.15, 0.2) is 5.69 Å². The summed E-state index contributed by atoms with van der Waals surface area (Å²) in [5.41, 5.74) is 0.462. The van der Waals surface area contributed by atoms with E-state index >= 15 is 0 Å². The monoisotopic (exact) mass is 309 g/mol. The van der Waals surface area contributed by atoms with Crippen molar-refractivity contribution >= 4 is 28.5 Å². The van der Waals surface area contributed by atoms with Crippen LogP contribution in [-0.4, -0.2) is 35.9 Å². The number of aromatic nitrogens is 2. The molecule has 1 heterocycles. The lowest BCUT2D eigenvalue weighted by atomic mass is 10.4. The fourth-order valence-electron chi connectivity index (χ4n) is 0.964. The largest absolute Gasteiger partial charge is 0.383 e. The summed E-state index contributed by atoms with van der Waals surface area (Å²) in [5, 5.41) is 6.75. The first-order valence-electron chi connectivity index (χ1n) is 4.11. The summed E-state index contributed by atoms with van der Waals surface area (Å²) in [4.78, 5) is 11.5. The van der Waals surface area contributed by atoms with Crippen LogP contribution in [0.5, 0.6) is 0 Å². The lowest BCUT2D eigenvalue weighted by Crippen LogP contribution is -2.27. The third kappa shape index (κ3) is 2.95. The van der Waals surface area contributed by atoms with Crippen LogP contribution in [0.4, 0.5) is 0 Å². The molecule has 0 saturated heterocycles. The Morgan fingerprint density at radius 3 is 3.00 bits per heavy atom. The fraction of sp³-hybridized carbons (Fsp3) is 0.500. The predicted octanol–water partition coefficient (Wildman–Crippen LogP) is 0.401. The summed E-state index contributed by atoms with van der Waals surface area (Å²) >= 11 is 2.08. The number of methoxy groups -OCH3 is 1. The van der Waals surface area contributed by atoms with Gasteiger partial charge >= 0.3 is 0 Å². The van der Waals surface area contributed by atoms with Gasteiger partial charge in [-0.3, -0.25) is 9.48 Å². The van der Waals surface area contributed by atoms with E-state index in [0.29, 0.717) is 18.8 Å². The molecule has 0 spiro atoms. The van der Waals surface area contributed by atoms with Gasteiger partial charge in [-0.15, -0.1) is 0 Å². The Hall–Kier alpha value is -0.630. The van der Waals surface area contributed by atoms with Crippen molar-refractivity contribution in [2.75, 3.05) is 20.3 Å². The highest BCUT2D eigenvalue weighted by molar-refractivity contribution is 14.1. The second kappa shape index (κ2) is 5.30. The van der Waals surface area contributed by atoms with Crippen molar-refractivity contribution in [2.45, 2.75) is 0 Å². The first kappa shape index (κ1) is 11.4. The van der Waals surface area contributed by atoms with E-state index in [0.717, 1.165) is 3.57 Å². The molecule has 0 bridgehead atoms. The third-order valence-corrected chi connectivity index (χ3v) is 2.38. The maximum atomic E-state index is 11.5. The minimum absolute atomic E-state index is 0.160. The average molecular weight is 309 g/mol. The minimum Gasteiger partial charge on any atom is -0.383 e. The normalized spacial score (nSPS) is 10.2. The molecule has 78 valence electrons. The van der Waals surface area contributed by atoms with Gasteiger partial charge in [-0.05, 0) is 22.6 Å². The summed E-state index contributed by atoms with van der Waals surface area (Å²) in [6, 6.07) is 0. The highest BCUT2D eigenvalue weighted by atomic mass is 127. The molecule has 1 N–H and O–H groups in total. The van der Waals surface area contributed by atoms with Gasteiger partial charge in [-0.1, -0.05) is 0 Å². The van der Waals surface area contributed by atoms with Gasteiger partial charge in [-0.25, -0.2) is 0 Å². The van der Waals surface area contributed by atoms with E-state index in [1.54, 1.807) is 25.0 Å². The molecule has 5 nitrogen and oxygen atoms in total. The van der Waals surface area contributed by atoms with E-state index in [4.69, 9.17) is 4.74 Å². The molecule has 1 rings (SSSR count). The van der Waals surface area contributed by atoms with E-state index in [9.17, 15) is 4.79 Å². The summed E-state index contributed by atoms with van der Waals surface area (Å²) in [7, 11) is 3.38. The van der Waals surface area contributed by atoms with Crippen molar-refractivity contribution in [1.29, 1.82) is 0 Å². The maximum Gasteiger partial charge on any atom is 0.272 e. The van der Waals surface area contributed by atoms with Crippen LogP contribution in [0.2, 0.25) is 0 Å². The molecule has 0 saturated carbocycles. The van der Waals surface area contributed by atoms with Crippen molar-refractivity contribution in [3.8, 4) is 0 Å². The molecule has 0 aliphatic carbocycles. The number of aryl methyl sites for hydroxylation is 1. The van der Waals surface area contributed by atoms with E-state index in [2.05, 4.69) is 33.0 Å². The molecule has 0 aromatic carbocycles. The summed E-state index contributed by atoms with van der Waals surface area (Å²) in [6.07, 6.45) is 1.80. The zero-order chi connectivity index (χ0) is 10.6. The number of nitrogens with one attached hydrogen (secondary N) is 1. The van der Waals surface area contributed by atoms with Crippen molar-refractivity contribution < 1.29 is 9.53 Å². The maximum absolute atomic E-state index is 11.5. The average Bonchev–Trinajstić information content (AvgIpc) is 2.45. The van der Waals surface area contributed by atoms with E-state index in [-0.39, 0.29) is 5.91 Å². The minimum atomic E-state index is -0.160. The van der Waals surface area contributed by atoms with Crippen LogP contribution in [0, 0.1) is 3.57 Å². The number of nitrogens with zero attached hydrogens (tertiary/aromatic N) is 2. The van der Waals surface area contributed by atoms with Gasteiger partial charge < -0.3 is 10.1 Å². The third-order valence-electron chi connectivity index (χ3n) is 1.59. The molecular formula is C8H12IN3O2. The van der Waals surface area contributed by atoms with Crippen LogP contribution < -0.4 is 5.32 Å². The number of rotatable bonds is 4. The molecule has 0 fully saturated rings. The topological polar surface area (TPSA) is 56.1 Å². The number of halogens is 1. The van der Waals surface area contributed by atoms with E-state index < -0.39 is 0 Å². The Morgan fingerprint density at radius 2 is 2.50 bits per heavy atom. The van der Waals surface area contributed by atoms with Gasteiger partial charge in [0.2, 0.25) is 0 Å². The molecule has 14 heavy (non-hydrogen) atoms. The van der Waals surface area contributed by atoms with Crippen molar-refractivity contribution in [1.82, 2.24) is 15.1 Å². The van der Waals surface area contributed by atoms with E-state index in [1.807, 2.05) is 0 Å². The summed E-state index contributed by atoms with van der Waals surface area (Å²) < 4.78 is 7.29. The van der Waals surface area contributed by atoms with Gasteiger partial charge in [0.05, 0.1) is 10.2 Å². The van der Waals surface area contributed by atoms with Gasteiger partial charge in [-0.2, -0.15) is 5.10 Å². The Kier molecular flexibility index (Phi) is 4.33. The van der Waals surface area contributed by atoms with E-state index in [1.165, 1.54) is 0 Å². The molecule has 0 atom stereocenters. The number of hydrogen-bond acceptors (Lipinski definition) is 3. The molecule has 1 amide bonds. The molecule has 0 radical (unpaired) electrons. The number of ether oxygens (including phenoxy) is 1. The zero-order valence-corrected chi connectivity index (χ0v) is 10.2. The van der Waals surface area contributed by atoms with Crippen molar-refractivity contribution in [2.24, 2.45) is 7.05 Å². The summed E-state index contributed by atoms with van der Waals surface area (Å²) in [6.45, 7) is 1.01. The van der Waals surface area contributed by atoms with Gasteiger partial charge in [0.25, 0.3) is 5.91 Å². The number of amides is 1. The smallest absolute Gasteiger partial charge is 0.272 e. The first-order chi connectivity index (χ1) is 6.65. The van der Waals surface area contributed by atoms with Crippen LogP contribution >= 0.6 is 22.6 Å². The fourth-order valence-corrected chi connectivity index (χ4v) is 1.72. The Bertz CT molecular complexity index is 324. The number of carbonyl (C=O) groups excluding carboxylic acids is 1. The predicted molar refractivity (Wildman–Crippen MR) is 60.1 cm³/mol. The molecule has 0 unspecified atom stereocenters. The molecular weight excluding hydrogens is 297 g/mol. The van der Waals surface area contributed by atoms with Crippen LogP contribution in [0.25, 0.3) is 0 Å². The van der Waals surface area contributed by atoms with Crippen LogP contribution in [0.15, 0.2) is 6.20 Å². The second-order valence-electron chi connectivity index (χ2n) is 2.75. The molecule has 0 aliphatic rings. The lowest BCUT2D eigenvalue weighted by molar-refractivity contribution is 0.0930. The first-order valence-corrected chi connectivity index (χ1v) is 5.19. The van der Waals surface area contributed by atoms with Crippen molar-refractivity contribution in [3.63, 3.8) is 0 Å². The Balaban J connectivity index is 2.56. The molecule has 1 aromatic heterocycles. The molecule has 1 aromatic rings. The lowest BCUT2D eigenvalue weighted by Gasteiger charge is -2.01. The highest BCUT2D eigenvalue weighted by Crippen LogP contribution is 2.08. The zero-order valence-electron chi connectivity index (χ0n) is 8.08. The summed E-state index contributed by atoms with van der Waals surface area (Å²) in [5.74, 6) is -0.160. The SMILES string of the molecule is COCCNC(=O)c1nn(C)cc1I. The molecule has 0 aliphatic heterocycles. The molecule has 6 heteroatoms. The number of hydrogen-bond donors (Lipinski definition) is 1. The van der Waals surface area contributed by atoms with Crippen LogP contribution in [0.3, 0.4) is 0 Å². The van der Waals surface area contributed by atoms with Gasteiger partial charge in [0.1, 0.15) is 0 Å². The highest BCUT2D eigenvalue weighted by Gasteiger charge is 2.12. The quantitative estimate of drug-likeness (QED) is 0.647.